The molecule has 0 amide bonds. The fourth-order valence-corrected chi connectivity index (χ4v) is 3.41. The van der Waals surface area contributed by atoms with Gasteiger partial charge >= 0.3 is 0 Å². The highest BCUT2D eigenvalue weighted by molar-refractivity contribution is 5.46. The highest BCUT2D eigenvalue weighted by Crippen LogP contribution is 2.44. The number of ether oxygens (including phenoxy) is 1. The number of fused-ring (bicyclic) bond motifs is 1. The zero-order chi connectivity index (χ0) is 15.7. The molecule has 1 aliphatic heterocycles. The second kappa shape index (κ2) is 5.56. The quantitative estimate of drug-likeness (QED) is 0.777. The summed E-state index contributed by atoms with van der Waals surface area (Å²) in [6.45, 7) is 0. The van der Waals surface area contributed by atoms with Gasteiger partial charge in [-0.3, -0.25) is 0 Å². The Bertz CT molecular complexity index is 757. The summed E-state index contributed by atoms with van der Waals surface area (Å²) in [5.74, 6) is 0.838. The van der Waals surface area contributed by atoms with Crippen molar-refractivity contribution >= 4 is 0 Å². The van der Waals surface area contributed by atoms with Gasteiger partial charge in [0, 0.05) is 17.5 Å². The van der Waals surface area contributed by atoms with Crippen LogP contribution in [0.1, 0.15) is 16.7 Å². The molecule has 0 saturated carbocycles. The fraction of sp³-hybridized carbons (Fsp3) is 0.143. The molecule has 0 fully saturated rings. The van der Waals surface area contributed by atoms with Crippen LogP contribution in [-0.4, -0.2) is 11.2 Å². The SMILES string of the molecule is OC1Cc2ccccc2OC1(c1ccccc1)c1ccccc1. The zero-order valence-electron chi connectivity index (χ0n) is 12.7. The Balaban J connectivity index is 1.94. The molecular weight excluding hydrogens is 284 g/mol. The maximum absolute atomic E-state index is 11.0. The van der Waals surface area contributed by atoms with Crippen LogP contribution < -0.4 is 4.74 Å². The number of aliphatic hydroxyl groups excluding tert-OH is 1. The minimum atomic E-state index is -0.878. The summed E-state index contributed by atoms with van der Waals surface area (Å²) in [5.41, 5.74) is 2.10. The fourth-order valence-electron chi connectivity index (χ4n) is 3.41. The molecule has 0 aliphatic carbocycles. The molecule has 1 heterocycles. The number of hydrogen-bond donors (Lipinski definition) is 1. The zero-order valence-corrected chi connectivity index (χ0v) is 12.7. The van der Waals surface area contributed by atoms with Gasteiger partial charge in [-0.05, 0) is 11.6 Å². The predicted molar refractivity (Wildman–Crippen MR) is 90.4 cm³/mol. The summed E-state index contributed by atoms with van der Waals surface area (Å²) in [6.07, 6.45) is -0.0813. The number of aliphatic hydroxyl groups is 1. The molecule has 1 N–H and O–H groups in total. The van der Waals surface area contributed by atoms with E-state index in [1.54, 1.807) is 0 Å². The van der Waals surface area contributed by atoms with E-state index in [1.807, 2.05) is 84.9 Å². The number of hydrogen-bond acceptors (Lipinski definition) is 2. The third-order valence-electron chi connectivity index (χ3n) is 4.53. The summed E-state index contributed by atoms with van der Waals surface area (Å²) in [5, 5.41) is 11.0. The van der Waals surface area contributed by atoms with Crippen molar-refractivity contribution in [1.29, 1.82) is 0 Å². The molecule has 1 aliphatic rings. The van der Waals surface area contributed by atoms with Crippen LogP contribution in [-0.2, 0) is 12.0 Å². The van der Waals surface area contributed by atoms with Crippen LogP contribution in [0.3, 0.4) is 0 Å². The topological polar surface area (TPSA) is 29.5 Å². The Morgan fingerprint density at radius 2 is 1.26 bits per heavy atom. The molecule has 0 radical (unpaired) electrons. The minimum Gasteiger partial charge on any atom is -0.475 e. The van der Waals surface area contributed by atoms with Crippen LogP contribution in [0.15, 0.2) is 84.9 Å². The summed E-state index contributed by atoms with van der Waals surface area (Å²) < 4.78 is 6.45. The highest BCUT2D eigenvalue weighted by atomic mass is 16.5. The van der Waals surface area contributed by atoms with E-state index < -0.39 is 11.7 Å². The Morgan fingerprint density at radius 3 is 1.87 bits per heavy atom. The van der Waals surface area contributed by atoms with E-state index in [0.717, 1.165) is 22.4 Å². The van der Waals surface area contributed by atoms with E-state index >= 15 is 0 Å². The van der Waals surface area contributed by atoms with Gasteiger partial charge in [-0.2, -0.15) is 0 Å². The maximum atomic E-state index is 11.0. The van der Waals surface area contributed by atoms with Crippen LogP contribution >= 0.6 is 0 Å². The monoisotopic (exact) mass is 302 g/mol. The van der Waals surface area contributed by atoms with Crippen molar-refractivity contribution in [3.05, 3.63) is 102 Å². The van der Waals surface area contributed by atoms with Gasteiger partial charge in [-0.15, -0.1) is 0 Å². The number of para-hydroxylation sites is 1. The van der Waals surface area contributed by atoms with Gasteiger partial charge in [0.2, 0.25) is 0 Å². The lowest BCUT2D eigenvalue weighted by Gasteiger charge is -2.43. The Kier molecular flexibility index (Phi) is 3.40. The van der Waals surface area contributed by atoms with E-state index in [-0.39, 0.29) is 0 Å². The largest absolute Gasteiger partial charge is 0.475 e. The van der Waals surface area contributed by atoms with Crippen LogP contribution in [0.4, 0.5) is 0 Å². The van der Waals surface area contributed by atoms with Crippen LogP contribution in [0.5, 0.6) is 5.75 Å². The summed E-state index contributed by atoms with van der Waals surface area (Å²) >= 11 is 0. The number of rotatable bonds is 2. The Labute approximate surface area is 136 Å². The molecule has 114 valence electrons. The van der Waals surface area contributed by atoms with E-state index in [2.05, 4.69) is 0 Å². The Hall–Kier alpha value is -2.58. The third-order valence-corrected chi connectivity index (χ3v) is 4.53. The van der Waals surface area contributed by atoms with Gasteiger partial charge in [0.05, 0.1) is 0 Å². The maximum Gasteiger partial charge on any atom is 0.185 e. The summed E-state index contributed by atoms with van der Waals surface area (Å²) in [6, 6.07) is 27.9. The molecule has 4 rings (SSSR count). The summed E-state index contributed by atoms with van der Waals surface area (Å²) in [7, 11) is 0. The minimum absolute atomic E-state index is 0.569. The van der Waals surface area contributed by atoms with Crippen LogP contribution in [0.25, 0.3) is 0 Å². The molecule has 1 unspecified atom stereocenters. The molecule has 0 aromatic heterocycles. The predicted octanol–water partition coefficient (Wildman–Crippen LogP) is 3.93. The van der Waals surface area contributed by atoms with E-state index in [4.69, 9.17) is 4.74 Å². The summed E-state index contributed by atoms with van der Waals surface area (Å²) in [4.78, 5) is 0. The van der Waals surface area contributed by atoms with Crippen molar-refractivity contribution in [2.24, 2.45) is 0 Å². The molecule has 0 spiro atoms. The normalized spacial score (nSPS) is 18.7. The first-order valence-electron chi connectivity index (χ1n) is 7.87. The average Bonchev–Trinajstić information content (AvgIpc) is 2.62. The van der Waals surface area contributed by atoms with Gasteiger partial charge < -0.3 is 9.84 Å². The lowest BCUT2D eigenvalue weighted by molar-refractivity contribution is -0.0428. The molecular formula is C21H18O2. The van der Waals surface area contributed by atoms with E-state index in [0.29, 0.717) is 6.42 Å². The molecule has 0 saturated heterocycles. The second-order valence-corrected chi connectivity index (χ2v) is 5.90. The van der Waals surface area contributed by atoms with Crippen LogP contribution in [0.2, 0.25) is 0 Å². The molecule has 2 heteroatoms. The lowest BCUT2D eigenvalue weighted by Crippen LogP contribution is -2.49. The first kappa shape index (κ1) is 14.0. The van der Waals surface area contributed by atoms with E-state index in [9.17, 15) is 5.11 Å². The number of benzene rings is 3. The molecule has 3 aromatic carbocycles. The second-order valence-electron chi connectivity index (χ2n) is 5.90. The first-order valence-corrected chi connectivity index (χ1v) is 7.87. The molecule has 23 heavy (non-hydrogen) atoms. The van der Waals surface area contributed by atoms with Crippen LogP contribution in [0, 0.1) is 0 Å². The van der Waals surface area contributed by atoms with Gasteiger partial charge in [-0.25, -0.2) is 0 Å². The lowest BCUT2D eigenvalue weighted by atomic mass is 9.77. The smallest absolute Gasteiger partial charge is 0.185 e. The average molecular weight is 302 g/mol. The molecule has 1 atom stereocenters. The van der Waals surface area contributed by atoms with Gasteiger partial charge in [-0.1, -0.05) is 78.9 Å². The third kappa shape index (κ3) is 2.23. The van der Waals surface area contributed by atoms with Crippen molar-refractivity contribution in [3.63, 3.8) is 0 Å². The van der Waals surface area contributed by atoms with Crippen molar-refractivity contribution in [2.45, 2.75) is 18.1 Å². The molecule has 2 nitrogen and oxygen atoms in total. The standard InChI is InChI=1S/C21H18O2/c22-20-15-16-9-7-8-14-19(16)23-21(20,17-10-3-1-4-11-17)18-12-5-2-6-13-18/h1-14,20,22H,15H2. The van der Waals surface area contributed by atoms with E-state index in [1.165, 1.54) is 0 Å². The molecule has 3 aromatic rings. The molecule has 0 bridgehead atoms. The van der Waals surface area contributed by atoms with Crippen molar-refractivity contribution < 1.29 is 9.84 Å². The van der Waals surface area contributed by atoms with Gasteiger partial charge in [0.1, 0.15) is 11.9 Å². The Morgan fingerprint density at radius 1 is 0.739 bits per heavy atom. The van der Waals surface area contributed by atoms with Gasteiger partial charge in [0.25, 0.3) is 0 Å². The first-order chi connectivity index (χ1) is 11.3. The van der Waals surface area contributed by atoms with Gasteiger partial charge in [0.15, 0.2) is 5.60 Å². The highest BCUT2D eigenvalue weighted by Gasteiger charge is 2.47. The van der Waals surface area contributed by atoms with Crippen molar-refractivity contribution in [1.82, 2.24) is 0 Å². The van der Waals surface area contributed by atoms with Crippen molar-refractivity contribution in [2.75, 3.05) is 0 Å². The van der Waals surface area contributed by atoms with Crippen molar-refractivity contribution in [3.8, 4) is 5.75 Å².